The van der Waals surface area contributed by atoms with Crippen molar-refractivity contribution in [1.29, 1.82) is 5.26 Å². The molecular weight excluding hydrogens is 494 g/mol. The third kappa shape index (κ3) is 7.17. The predicted molar refractivity (Wildman–Crippen MR) is 166 cm³/mol. The zero-order valence-electron chi connectivity index (χ0n) is 27.2. The molecule has 0 aliphatic rings. The van der Waals surface area contributed by atoms with E-state index in [0.29, 0.717) is 13.2 Å². The maximum Gasteiger partial charge on any atom is 0.330 e. The topological polar surface area (TPSA) is 59.3 Å². The van der Waals surface area contributed by atoms with E-state index in [2.05, 4.69) is 101 Å². The van der Waals surface area contributed by atoms with Crippen molar-refractivity contribution in [2.45, 2.75) is 113 Å². The van der Waals surface area contributed by atoms with Crippen molar-refractivity contribution in [1.82, 2.24) is 0 Å². The summed E-state index contributed by atoms with van der Waals surface area (Å²) in [6, 6.07) is 15.3. The first kappa shape index (κ1) is 33.1. The summed E-state index contributed by atoms with van der Waals surface area (Å²) in [5.41, 5.74) is 3.21. The number of nitriles is 1. The number of carbonyl (C=O) groups excluding carboxylic acids is 1. The van der Waals surface area contributed by atoms with Crippen LogP contribution in [0.1, 0.15) is 118 Å². The average molecular weight is 546 g/mol. The summed E-state index contributed by atoms with van der Waals surface area (Å²) in [6.45, 7) is 28.7. The molecule has 0 saturated heterocycles. The SMILES string of the molecule is CCOC(=O)/C=C/c1cccc(COc2c(C(C)(C)C)cc(C(C)(C)C)cc2C(C#N)(C(C)(C)C)C(C)(C)C)c1. The number of esters is 1. The molecule has 0 saturated carbocycles. The molecule has 0 unspecified atom stereocenters. The zero-order chi connectivity index (χ0) is 30.7. The number of carbonyl (C=O) groups is 1. The van der Waals surface area contributed by atoms with Crippen molar-refractivity contribution >= 4 is 12.0 Å². The molecule has 0 radical (unpaired) electrons. The minimum Gasteiger partial charge on any atom is -0.488 e. The number of rotatable bonds is 7. The Balaban J connectivity index is 2.81. The lowest BCUT2D eigenvalue weighted by molar-refractivity contribution is -0.137. The molecule has 0 N–H and O–H groups in total. The molecule has 4 heteroatoms. The number of ether oxygens (including phenoxy) is 2. The smallest absolute Gasteiger partial charge is 0.330 e. The lowest BCUT2D eigenvalue weighted by atomic mass is 9.51. The summed E-state index contributed by atoms with van der Waals surface area (Å²) in [5, 5.41) is 11.0. The van der Waals surface area contributed by atoms with Gasteiger partial charge in [-0.05, 0) is 63.5 Å². The van der Waals surface area contributed by atoms with Crippen molar-refractivity contribution in [3.63, 3.8) is 0 Å². The Morgan fingerprint density at radius 3 is 1.90 bits per heavy atom. The Bertz CT molecular complexity index is 1250. The minimum atomic E-state index is -0.833. The van der Waals surface area contributed by atoms with Gasteiger partial charge in [-0.2, -0.15) is 5.26 Å². The molecule has 4 nitrogen and oxygen atoms in total. The fraction of sp³-hybridized carbons (Fsp3) is 0.556. The average Bonchev–Trinajstić information content (AvgIpc) is 2.79. The van der Waals surface area contributed by atoms with Crippen molar-refractivity contribution in [2.75, 3.05) is 6.61 Å². The van der Waals surface area contributed by atoms with E-state index < -0.39 is 5.41 Å². The van der Waals surface area contributed by atoms with Crippen LogP contribution in [0.4, 0.5) is 0 Å². The maximum atomic E-state index is 11.8. The van der Waals surface area contributed by atoms with E-state index in [1.807, 2.05) is 24.3 Å². The van der Waals surface area contributed by atoms with E-state index in [-0.39, 0.29) is 27.6 Å². The molecule has 2 aromatic rings. The van der Waals surface area contributed by atoms with E-state index in [1.54, 1.807) is 13.0 Å². The molecule has 218 valence electrons. The van der Waals surface area contributed by atoms with Crippen LogP contribution in [-0.2, 0) is 32.4 Å². The standard InChI is InChI=1S/C36H51NO3/c1-14-39-30(38)19-18-25-16-15-17-26(20-25)23-40-31-28(33(5,6)7)21-27(32(2,3)4)22-29(31)36(24-37,34(8,9)10)35(11,12)13/h15-22H,14,23H2,1-13H3/b19-18+. The number of benzene rings is 2. The number of hydrogen-bond acceptors (Lipinski definition) is 4. The van der Waals surface area contributed by atoms with Gasteiger partial charge < -0.3 is 9.47 Å². The van der Waals surface area contributed by atoms with Gasteiger partial charge in [0.05, 0.1) is 18.1 Å². The highest BCUT2D eigenvalue weighted by molar-refractivity contribution is 5.87. The van der Waals surface area contributed by atoms with Crippen molar-refractivity contribution in [3.05, 3.63) is 70.3 Å². The van der Waals surface area contributed by atoms with E-state index >= 15 is 0 Å². The molecule has 0 spiro atoms. The minimum absolute atomic E-state index is 0.107. The monoisotopic (exact) mass is 545 g/mol. The van der Waals surface area contributed by atoms with Crippen LogP contribution in [0.25, 0.3) is 6.08 Å². The first-order chi connectivity index (χ1) is 18.2. The first-order valence-corrected chi connectivity index (χ1v) is 14.4. The third-order valence-electron chi connectivity index (χ3n) is 7.62. The lowest BCUT2D eigenvalue weighted by Gasteiger charge is -2.50. The van der Waals surface area contributed by atoms with E-state index in [1.165, 1.54) is 11.6 Å². The fourth-order valence-corrected chi connectivity index (χ4v) is 5.68. The van der Waals surface area contributed by atoms with Crippen LogP contribution < -0.4 is 4.74 Å². The lowest BCUT2D eigenvalue weighted by Crippen LogP contribution is -2.49. The summed E-state index contributed by atoms with van der Waals surface area (Å²) in [4.78, 5) is 11.8. The number of hydrogen-bond donors (Lipinski definition) is 0. The Morgan fingerprint density at radius 1 is 0.850 bits per heavy atom. The Labute approximate surface area is 243 Å². The second kappa shape index (κ2) is 11.8. The fourth-order valence-electron chi connectivity index (χ4n) is 5.68. The quantitative estimate of drug-likeness (QED) is 0.257. The largest absolute Gasteiger partial charge is 0.488 e. The summed E-state index contributed by atoms with van der Waals surface area (Å²) < 4.78 is 11.8. The van der Waals surface area contributed by atoms with Crippen LogP contribution >= 0.6 is 0 Å². The van der Waals surface area contributed by atoms with Gasteiger partial charge in [-0.15, -0.1) is 0 Å². The molecule has 0 aliphatic carbocycles. The van der Waals surface area contributed by atoms with E-state index in [4.69, 9.17) is 9.47 Å². The zero-order valence-corrected chi connectivity index (χ0v) is 27.2. The molecule has 0 bridgehead atoms. The Hall–Kier alpha value is -3.06. The molecular formula is C36H51NO3. The normalized spacial score (nSPS) is 13.3. The number of nitrogens with zero attached hydrogens (tertiary/aromatic N) is 1. The van der Waals surface area contributed by atoms with Crippen molar-refractivity contribution < 1.29 is 14.3 Å². The third-order valence-corrected chi connectivity index (χ3v) is 7.62. The van der Waals surface area contributed by atoms with Gasteiger partial charge in [0.15, 0.2) is 0 Å². The summed E-state index contributed by atoms with van der Waals surface area (Å²) in [5.74, 6) is 0.430. The van der Waals surface area contributed by atoms with E-state index in [0.717, 1.165) is 28.0 Å². The van der Waals surface area contributed by atoms with Crippen LogP contribution in [0.2, 0.25) is 0 Å². The van der Waals surface area contributed by atoms with Gasteiger partial charge in [0.25, 0.3) is 0 Å². The Kier molecular flexibility index (Phi) is 9.79. The van der Waals surface area contributed by atoms with Crippen molar-refractivity contribution in [3.8, 4) is 11.8 Å². The Morgan fingerprint density at radius 2 is 1.43 bits per heavy atom. The van der Waals surface area contributed by atoms with E-state index in [9.17, 15) is 10.1 Å². The summed E-state index contributed by atoms with van der Waals surface area (Å²) in [7, 11) is 0. The van der Waals surface area contributed by atoms with Gasteiger partial charge >= 0.3 is 5.97 Å². The first-order valence-electron chi connectivity index (χ1n) is 14.4. The van der Waals surface area contributed by atoms with Crippen LogP contribution in [0.3, 0.4) is 0 Å². The molecule has 0 aromatic heterocycles. The van der Waals surface area contributed by atoms with Gasteiger partial charge in [0.1, 0.15) is 12.4 Å². The van der Waals surface area contributed by atoms with Crippen LogP contribution in [0, 0.1) is 22.2 Å². The highest BCUT2D eigenvalue weighted by Gasteiger charge is 2.54. The highest BCUT2D eigenvalue weighted by Crippen LogP contribution is 2.57. The second-order valence-corrected chi connectivity index (χ2v) is 14.9. The van der Waals surface area contributed by atoms with Crippen LogP contribution in [0.15, 0.2) is 42.5 Å². The van der Waals surface area contributed by atoms with Gasteiger partial charge in [-0.1, -0.05) is 107 Å². The molecule has 0 fully saturated rings. The second-order valence-electron chi connectivity index (χ2n) is 14.9. The molecule has 40 heavy (non-hydrogen) atoms. The van der Waals surface area contributed by atoms with Gasteiger partial charge in [0.2, 0.25) is 0 Å². The molecule has 0 amide bonds. The molecule has 0 atom stereocenters. The predicted octanol–water partition coefficient (Wildman–Crippen LogP) is 9.29. The van der Waals surface area contributed by atoms with Gasteiger partial charge in [0, 0.05) is 17.2 Å². The van der Waals surface area contributed by atoms with Gasteiger partial charge in [-0.25, -0.2) is 4.79 Å². The molecule has 2 aromatic carbocycles. The van der Waals surface area contributed by atoms with Crippen molar-refractivity contribution in [2.24, 2.45) is 10.8 Å². The summed E-state index contributed by atoms with van der Waals surface area (Å²) in [6.07, 6.45) is 3.20. The van der Waals surface area contributed by atoms with Crippen LogP contribution in [-0.4, -0.2) is 12.6 Å². The molecule has 0 aliphatic heterocycles. The maximum absolute atomic E-state index is 11.8. The molecule has 2 rings (SSSR count). The molecule has 0 heterocycles. The summed E-state index contributed by atoms with van der Waals surface area (Å²) >= 11 is 0. The van der Waals surface area contributed by atoms with Crippen LogP contribution in [0.5, 0.6) is 5.75 Å². The van der Waals surface area contributed by atoms with Gasteiger partial charge in [-0.3, -0.25) is 0 Å². The highest BCUT2D eigenvalue weighted by atomic mass is 16.5.